The summed E-state index contributed by atoms with van der Waals surface area (Å²) in [5.41, 5.74) is 3.62. The van der Waals surface area contributed by atoms with Crippen molar-refractivity contribution in [3.05, 3.63) is 89.9 Å². The van der Waals surface area contributed by atoms with Crippen LogP contribution in [0.25, 0.3) is 22.5 Å². The molecule has 1 amide bonds. The van der Waals surface area contributed by atoms with Gasteiger partial charge in [-0.05, 0) is 59.4 Å². The molecule has 2 N–H and O–H groups in total. The molecule has 2 aromatic carbocycles. The minimum Gasteiger partial charge on any atom is -0.480 e. The van der Waals surface area contributed by atoms with Crippen molar-refractivity contribution >= 4 is 23.6 Å². The summed E-state index contributed by atoms with van der Waals surface area (Å²) in [5.74, 6) is -0.00172. The lowest BCUT2D eigenvalue weighted by atomic mass is 9.97. The lowest BCUT2D eigenvalue weighted by molar-refractivity contribution is -0.153. The van der Waals surface area contributed by atoms with E-state index in [1.54, 1.807) is 11.8 Å². The van der Waals surface area contributed by atoms with Crippen LogP contribution in [0.5, 0.6) is 0 Å². The van der Waals surface area contributed by atoms with Crippen molar-refractivity contribution in [3.8, 4) is 22.5 Å². The Labute approximate surface area is 254 Å². The van der Waals surface area contributed by atoms with Crippen molar-refractivity contribution in [2.45, 2.75) is 66.5 Å². The van der Waals surface area contributed by atoms with Crippen molar-refractivity contribution in [3.63, 3.8) is 0 Å². The summed E-state index contributed by atoms with van der Waals surface area (Å²) in [6, 6.07) is 14.7. The predicted octanol–water partition coefficient (Wildman–Crippen LogP) is 7.55. The van der Waals surface area contributed by atoms with Gasteiger partial charge >= 0.3 is 5.97 Å². The standard InChI is InChI=1S/C31H37N5O3S.C2H6/c1-5-7-12-25(6-2)40-20-11-10-15-28(37)36(29(22(3)4)31(38)39)21-23-16-18-24(19-17-23)26-13-8-9-14-27(26)30-32-34-35-33-30;1-2/h5-9,12-14,16-19,22,29H,2,10-11,15,20-21H2,1,3-4H3,(H,38,39)(H,32,33,34,35);1-2H3/b7-5-,25-12+;. The van der Waals surface area contributed by atoms with Gasteiger partial charge in [0.25, 0.3) is 0 Å². The minimum atomic E-state index is -0.991. The van der Waals surface area contributed by atoms with E-state index in [1.165, 1.54) is 4.90 Å². The number of nitrogens with one attached hydrogen (secondary N) is 1. The lowest BCUT2D eigenvalue weighted by Gasteiger charge is -2.32. The number of aliphatic carboxylic acids is 1. The fourth-order valence-electron chi connectivity index (χ4n) is 4.39. The number of H-pyrrole nitrogens is 1. The zero-order valence-corrected chi connectivity index (χ0v) is 26.1. The molecule has 0 spiro atoms. The molecule has 0 saturated carbocycles. The van der Waals surface area contributed by atoms with Gasteiger partial charge in [-0.15, -0.1) is 22.0 Å². The SMILES string of the molecule is C=C/C(=C\C=C/C)SCCCCC(=O)N(Cc1ccc(-c2ccccc2-c2nn[nH]n2)cc1)C(C(=O)O)C(C)C.CC. The number of carbonyl (C=O) groups excluding carboxylic acids is 1. The average Bonchev–Trinajstić information content (AvgIpc) is 3.54. The number of hydrogen-bond donors (Lipinski definition) is 2. The Morgan fingerprint density at radius 1 is 1.07 bits per heavy atom. The first-order chi connectivity index (χ1) is 20.3. The van der Waals surface area contributed by atoms with Gasteiger partial charge in [0.2, 0.25) is 11.7 Å². The molecule has 0 bridgehead atoms. The Kier molecular flexibility index (Phi) is 15.0. The fourth-order valence-corrected chi connectivity index (χ4v) is 5.27. The highest BCUT2D eigenvalue weighted by Crippen LogP contribution is 2.30. The molecule has 3 aromatic rings. The number of carboxylic acids is 1. The number of unbranched alkanes of at least 4 members (excludes halogenated alkanes) is 1. The number of rotatable bonds is 15. The van der Waals surface area contributed by atoms with Crippen molar-refractivity contribution < 1.29 is 14.7 Å². The molecule has 0 radical (unpaired) electrons. The summed E-state index contributed by atoms with van der Waals surface area (Å²) in [7, 11) is 0. The summed E-state index contributed by atoms with van der Waals surface area (Å²) in [4.78, 5) is 28.2. The van der Waals surface area contributed by atoms with E-state index in [4.69, 9.17) is 0 Å². The van der Waals surface area contributed by atoms with E-state index in [2.05, 4.69) is 27.2 Å². The molecule has 0 aliphatic rings. The number of nitrogens with zero attached hydrogens (tertiary/aromatic N) is 4. The number of allylic oxidation sites excluding steroid dienone is 4. The van der Waals surface area contributed by atoms with E-state index in [-0.39, 0.29) is 18.4 Å². The van der Waals surface area contributed by atoms with Gasteiger partial charge in [0.15, 0.2) is 0 Å². The Morgan fingerprint density at radius 2 is 1.76 bits per heavy atom. The summed E-state index contributed by atoms with van der Waals surface area (Å²) < 4.78 is 0. The molecule has 8 nitrogen and oxygen atoms in total. The summed E-state index contributed by atoms with van der Waals surface area (Å²) in [5, 5.41) is 24.3. The number of benzene rings is 2. The van der Waals surface area contributed by atoms with Crippen LogP contribution in [0.15, 0.2) is 84.3 Å². The number of hydrogen-bond acceptors (Lipinski definition) is 6. The highest BCUT2D eigenvalue weighted by Gasteiger charge is 2.32. The summed E-state index contributed by atoms with van der Waals surface area (Å²) in [6.07, 6.45) is 9.61. The van der Waals surface area contributed by atoms with Crippen LogP contribution in [0, 0.1) is 5.92 Å². The predicted molar refractivity (Wildman–Crippen MR) is 173 cm³/mol. The van der Waals surface area contributed by atoms with Crippen LogP contribution >= 0.6 is 11.8 Å². The van der Waals surface area contributed by atoms with Gasteiger partial charge < -0.3 is 10.0 Å². The van der Waals surface area contributed by atoms with Crippen LogP contribution in [-0.4, -0.2) is 54.3 Å². The zero-order valence-electron chi connectivity index (χ0n) is 25.3. The third kappa shape index (κ3) is 10.1. The number of aromatic amines is 1. The maximum atomic E-state index is 13.4. The molecule has 1 atom stereocenters. The van der Waals surface area contributed by atoms with Crippen molar-refractivity contribution in [2.75, 3.05) is 5.75 Å². The third-order valence-electron chi connectivity index (χ3n) is 6.38. The second kappa shape index (κ2) is 18.5. The van der Waals surface area contributed by atoms with Crippen molar-refractivity contribution in [1.29, 1.82) is 0 Å². The first-order valence-corrected chi connectivity index (χ1v) is 15.4. The van der Waals surface area contributed by atoms with E-state index in [1.807, 2.05) is 107 Å². The van der Waals surface area contributed by atoms with Crippen LogP contribution in [0.2, 0.25) is 0 Å². The first kappa shape index (κ1) is 34.2. The molecule has 0 aliphatic heterocycles. The highest BCUT2D eigenvalue weighted by atomic mass is 32.2. The molecule has 0 fully saturated rings. The van der Waals surface area contributed by atoms with Crippen LogP contribution < -0.4 is 0 Å². The van der Waals surface area contributed by atoms with Gasteiger partial charge in [-0.1, -0.05) is 101 Å². The number of amides is 1. The average molecular weight is 590 g/mol. The lowest BCUT2D eigenvalue weighted by Crippen LogP contribution is -2.47. The topological polar surface area (TPSA) is 112 Å². The van der Waals surface area contributed by atoms with Crippen molar-refractivity contribution in [1.82, 2.24) is 25.5 Å². The fraction of sp³-hybridized carbons (Fsp3) is 0.364. The molecule has 9 heteroatoms. The molecule has 0 aliphatic carbocycles. The molecule has 3 rings (SSSR count). The normalized spacial score (nSPS) is 12.1. The van der Waals surface area contributed by atoms with Crippen LogP contribution in [0.3, 0.4) is 0 Å². The number of carboxylic acid groups (broad SMARTS) is 1. The van der Waals surface area contributed by atoms with Gasteiger partial charge in [0.1, 0.15) is 6.04 Å². The zero-order chi connectivity index (χ0) is 30.9. The van der Waals surface area contributed by atoms with E-state index in [0.717, 1.165) is 39.3 Å². The Bertz CT molecular complexity index is 1320. The maximum absolute atomic E-state index is 13.4. The number of thioether (sulfide) groups is 1. The van der Waals surface area contributed by atoms with E-state index in [9.17, 15) is 14.7 Å². The monoisotopic (exact) mass is 589 g/mol. The number of carbonyl (C=O) groups is 2. The number of aromatic nitrogens is 4. The quantitative estimate of drug-likeness (QED) is 0.139. The Balaban J connectivity index is 0.00000301. The molecule has 1 unspecified atom stereocenters. The summed E-state index contributed by atoms with van der Waals surface area (Å²) in [6.45, 7) is 13.7. The van der Waals surface area contributed by atoms with E-state index < -0.39 is 12.0 Å². The maximum Gasteiger partial charge on any atom is 0.326 e. The van der Waals surface area contributed by atoms with Crippen LogP contribution in [0.4, 0.5) is 0 Å². The van der Waals surface area contributed by atoms with Crippen LogP contribution in [-0.2, 0) is 16.1 Å². The molecular formula is C33H43N5O3S. The highest BCUT2D eigenvalue weighted by molar-refractivity contribution is 8.03. The van der Waals surface area contributed by atoms with Gasteiger partial charge in [-0.2, -0.15) is 5.21 Å². The van der Waals surface area contributed by atoms with E-state index >= 15 is 0 Å². The van der Waals surface area contributed by atoms with Gasteiger partial charge in [0, 0.05) is 23.4 Å². The minimum absolute atomic E-state index is 0.147. The van der Waals surface area contributed by atoms with E-state index in [0.29, 0.717) is 18.7 Å². The molecule has 224 valence electrons. The summed E-state index contributed by atoms with van der Waals surface area (Å²) >= 11 is 1.70. The smallest absolute Gasteiger partial charge is 0.326 e. The Morgan fingerprint density at radius 3 is 2.33 bits per heavy atom. The molecular weight excluding hydrogens is 546 g/mol. The first-order valence-electron chi connectivity index (χ1n) is 14.4. The number of tetrazole rings is 1. The van der Waals surface area contributed by atoms with Crippen LogP contribution in [0.1, 0.15) is 59.4 Å². The molecule has 42 heavy (non-hydrogen) atoms. The van der Waals surface area contributed by atoms with Crippen molar-refractivity contribution in [2.24, 2.45) is 5.92 Å². The Hall–Kier alpha value is -3.98. The van der Waals surface area contributed by atoms with Gasteiger partial charge in [-0.25, -0.2) is 4.79 Å². The van der Waals surface area contributed by atoms with Gasteiger partial charge in [-0.3, -0.25) is 4.79 Å². The second-order valence-electron chi connectivity index (χ2n) is 9.63. The third-order valence-corrected chi connectivity index (χ3v) is 7.51. The molecule has 0 saturated heterocycles. The molecule has 1 aromatic heterocycles. The molecule has 1 heterocycles. The largest absolute Gasteiger partial charge is 0.480 e. The second-order valence-corrected chi connectivity index (χ2v) is 10.8. The van der Waals surface area contributed by atoms with Gasteiger partial charge in [0.05, 0.1) is 0 Å².